The third-order valence-electron chi connectivity index (χ3n) is 3.74. The average Bonchev–Trinajstić information content (AvgIpc) is 2.48. The number of nitrogen functional groups attached to an aromatic ring is 1. The Morgan fingerprint density at radius 1 is 1.33 bits per heavy atom. The highest BCUT2D eigenvalue weighted by atomic mass is 16.5. The standard InChI is InChI=1S/C16H20N4O/c1-2-21-16-9-15(18-10-19-16)20-14-5-3-4-11-8-12(17)6-7-13(11)14/h6-10,14H,2-5,17H2,1H3,(H,18,19,20). The molecule has 1 aromatic heterocycles. The Hall–Kier alpha value is -2.30. The topological polar surface area (TPSA) is 73.1 Å². The van der Waals surface area contributed by atoms with E-state index in [0.29, 0.717) is 12.5 Å². The van der Waals surface area contributed by atoms with Crippen molar-refractivity contribution in [3.8, 4) is 5.88 Å². The predicted octanol–water partition coefficient (Wildman–Crippen LogP) is 2.95. The van der Waals surface area contributed by atoms with Gasteiger partial charge in [0.05, 0.1) is 12.6 Å². The van der Waals surface area contributed by atoms with Crippen LogP contribution in [0.1, 0.15) is 36.9 Å². The van der Waals surface area contributed by atoms with E-state index in [2.05, 4.69) is 27.4 Å². The van der Waals surface area contributed by atoms with Gasteiger partial charge in [-0.05, 0) is 49.4 Å². The predicted molar refractivity (Wildman–Crippen MR) is 83.4 cm³/mol. The van der Waals surface area contributed by atoms with Crippen LogP contribution in [0.5, 0.6) is 5.88 Å². The number of benzene rings is 1. The Kier molecular flexibility index (Phi) is 3.90. The number of nitrogens with one attached hydrogen (secondary N) is 1. The quantitative estimate of drug-likeness (QED) is 0.844. The summed E-state index contributed by atoms with van der Waals surface area (Å²) in [5, 5.41) is 3.48. The molecule has 21 heavy (non-hydrogen) atoms. The molecule has 1 aliphatic rings. The minimum absolute atomic E-state index is 0.263. The van der Waals surface area contributed by atoms with Gasteiger partial charge in [-0.3, -0.25) is 0 Å². The lowest BCUT2D eigenvalue weighted by molar-refractivity contribution is 0.326. The molecule has 0 fully saturated rings. The van der Waals surface area contributed by atoms with Crippen LogP contribution in [0.3, 0.4) is 0 Å². The monoisotopic (exact) mass is 284 g/mol. The van der Waals surface area contributed by atoms with Crippen LogP contribution in [0.2, 0.25) is 0 Å². The highest BCUT2D eigenvalue weighted by Gasteiger charge is 2.20. The summed E-state index contributed by atoms with van der Waals surface area (Å²) in [7, 11) is 0. The highest BCUT2D eigenvalue weighted by molar-refractivity contribution is 5.49. The van der Waals surface area contributed by atoms with Crippen LogP contribution in [0.25, 0.3) is 0 Å². The third-order valence-corrected chi connectivity index (χ3v) is 3.74. The third kappa shape index (κ3) is 3.07. The zero-order valence-corrected chi connectivity index (χ0v) is 12.2. The van der Waals surface area contributed by atoms with Crippen molar-refractivity contribution in [2.75, 3.05) is 17.7 Å². The lowest BCUT2D eigenvalue weighted by atomic mass is 9.87. The number of rotatable bonds is 4. The van der Waals surface area contributed by atoms with Crippen molar-refractivity contribution in [2.45, 2.75) is 32.2 Å². The molecule has 110 valence electrons. The van der Waals surface area contributed by atoms with Gasteiger partial charge in [-0.1, -0.05) is 6.07 Å². The lowest BCUT2D eigenvalue weighted by Crippen LogP contribution is -2.18. The number of nitrogens with zero attached hydrogens (tertiary/aromatic N) is 2. The molecule has 0 spiro atoms. The SMILES string of the molecule is CCOc1cc(NC2CCCc3cc(N)ccc32)ncn1. The first kappa shape index (κ1) is 13.7. The van der Waals surface area contributed by atoms with Crippen LogP contribution in [0.15, 0.2) is 30.6 Å². The van der Waals surface area contributed by atoms with Gasteiger partial charge in [0.2, 0.25) is 5.88 Å². The van der Waals surface area contributed by atoms with Crippen molar-refractivity contribution in [3.05, 3.63) is 41.7 Å². The molecule has 0 bridgehead atoms. The van der Waals surface area contributed by atoms with Crippen molar-refractivity contribution in [3.63, 3.8) is 0 Å². The fourth-order valence-corrected chi connectivity index (χ4v) is 2.81. The summed E-state index contributed by atoms with van der Waals surface area (Å²) in [6.45, 7) is 2.54. The number of aryl methyl sites for hydroxylation is 1. The van der Waals surface area contributed by atoms with Gasteiger partial charge < -0.3 is 15.8 Å². The summed E-state index contributed by atoms with van der Waals surface area (Å²) in [4.78, 5) is 8.37. The molecule has 2 aromatic rings. The van der Waals surface area contributed by atoms with E-state index in [1.807, 2.05) is 19.1 Å². The largest absolute Gasteiger partial charge is 0.478 e. The highest BCUT2D eigenvalue weighted by Crippen LogP contribution is 2.33. The Labute approximate surface area is 124 Å². The average molecular weight is 284 g/mol. The summed E-state index contributed by atoms with van der Waals surface area (Å²) in [6.07, 6.45) is 4.86. The molecule has 1 heterocycles. The van der Waals surface area contributed by atoms with Crippen molar-refractivity contribution < 1.29 is 4.74 Å². The van der Waals surface area contributed by atoms with Crippen molar-refractivity contribution in [1.29, 1.82) is 0 Å². The zero-order valence-electron chi connectivity index (χ0n) is 12.2. The number of ether oxygens (including phenoxy) is 1. The second-order valence-electron chi connectivity index (χ2n) is 5.22. The van der Waals surface area contributed by atoms with Gasteiger partial charge in [0.1, 0.15) is 12.1 Å². The number of anilines is 2. The molecule has 1 atom stereocenters. The molecule has 1 aliphatic carbocycles. The summed E-state index contributed by atoms with van der Waals surface area (Å²) in [5.41, 5.74) is 9.35. The molecule has 5 nitrogen and oxygen atoms in total. The normalized spacial score (nSPS) is 17.1. The molecule has 3 N–H and O–H groups in total. The molecule has 1 unspecified atom stereocenters. The van der Waals surface area contributed by atoms with E-state index in [-0.39, 0.29) is 6.04 Å². The molecule has 1 aromatic carbocycles. The first-order valence-electron chi connectivity index (χ1n) is 7.36. The van der Waals surface area contributed by atoms with E-state index in [1.165, 1.54) is 17.5 Å². The Bertz CT molecular complexity index is 629. The molecule has 0 saturated heterocycles. The van der Waals surface area contributed by atoms with Crippen LogP contribution in [0.4, 0.5) is 11.5 Å². The number of hydrogen-bond acceptors (Lipinski definition) is 5. The van der Waals surface area contributed by atoms with Crippen LogP contribution >= 0.6 is 0 Å². The molecule has 3 rings (SSSR count). The molecule has 0 radical (unpaired) electrons. The van der Waals surface area contributed by atoms with E-state index in [0.717, 1.165) is 30.8 Å². The Balaban J connectivity index is 1.81. The van der Waals surface area contributed by atoms with Gasteiger partial charge in [0.15, 0.2) is 0 Å². The van der Waals surface area contributed by atoms with Gasteiger partial charge >= 0.3 is 0 Å². The maximum absolute atomic E-state index is 5.88. The van der Waals surface area contributed by atoms with Gasteiger partial charge in [-0.25, -0.2) is 9.97 Å². The van der Waals surface area contributed by atoms with E-state index in [9.17, 15) is 0 Å². The van der Waals surface area contributed by atoms with E-state index in [1.54, 1.807) is 0 Å². The van der Waals surface area contributed by atoms with E-state index < -0.39 is 0 Å². The summed E-state index contributed by atoms with van der Waals surface area (Å²) < 4.78 is 5.41. The van der Waals surface area contributed by atoms with Crippen molar-refractivity contribution >= 4 is 11.5 Å². The first-order chi connectivity index (χ1) is 10.3. The number of hydrogen-bond donors (Lipinski definition) is 2. The minimum Gasteiger partial charge on any atom is -0.478 e. The first-order valence-corrected chi connectivity index (χ1v) is 7.36. The fourth-order valence-electron chi connectivity index (χ4n) is 2.81. The van der Waals surface area contributed by atoms with Gasteiger partial charge in [-0.2, -0.15) is 0 Å². The minimum atomic E-state index is 0.263. The van der Waals surface area contributed by atoms with Gasteiger partial charge in [0.25, 0.3) is 0 Å². The molecule has 0 saturated carbocycles. The second kappa shape index (κ2) is 5.99. The Morgan fingerprint density at radius 3 is 3.10 bits per heavy atom. The maximum Gasteiger partial charge on any atom is 0.218 e. The molecular weight excluding hydrogens is 264 g/mol. The molecule has 0 aliphatic heterocycles. The summed E-state index contributed by atoms with van der Waals surface area (Å²) >= 11 is 0. The number of nitrogens with two attached hydrogens (primary N) is 1. The number of aromatic nitrogens is 2. The van der Waals surface area contributed by atoms with Crippen molar-refractivity contribution in [2.24, 2.45) is 0 Å². The number of fused-ring (bicyclic) bond motifs is 1. The fraction of sp³-hybridized carbons (Fsp3) is 0.375. The van der Waals surface area contributed by atoms with E-state index in [4.69, 9.17) is 10.5 Å². The molecule has 0 amide bonds. The van der Waals surface area contributed by atoms with Crippen LogP contribution < -0.4 is 15.8 Å². The van der Waals surface area contributed by atoms with Crippen LogP contribution in [0, 0.1) is 0 Å². The second-order valence-corrected chi connectivity index (χ2v) is 5.22. The van der Waals surface area contributed by atoms with Crippen LogP contribution in [-0.4, -0.2) is 16.6 Å². The zero-order chi connectivity index (χ0) is 14.7. The Morgan fingerprint density at radius 2 is 2.24 bits per heavy atom. The smallest absolute Gasteiger partial charge is 0.218 e. The van der Waals surface area contributed by atoms with Gasteiger partial charge in [-0.15, -0.1) is 0 Å². The van der Waals surface area contributed by atoms with Gasteiger partial charge in [0, 0.05) is 11.8 Å². The molecular formula is C16H20N4O. The summed E-state index contributed by atoms with van der Waals surface area (Å²) in [5.74, 6) is 1.39. The molecule has 5 heteroatoms. The van der Waals surface area contributed by atoms with Crippen LogP contribution in [-0.2, 0) is 6.42 Å². The van der Waals surface area contributed by atoms with E-state index >= 15 is 0 Å². The maximum atomic E-state index is 5.88. The lowest BCUT2D eigenvalue weighted by Gasteiger charge is -2.27. The van der Waals surface area contributed by atoms with Crippen molar-refractivity contribution in [1.82, 2.24) is 9.97 Å². The summed E-state index contributed by atoms with van der Waals surface area (Å²) in [6, 6.07) is 8.26.